The first-order valence-corrected chi connectivity index (χ1v) is 9.80. The van der Waals surface area contributed by atoms with Crippen molar-refractivity contribution in [3.63, 3.8) is 0 Å². The Morgan fingerprint density at radius 3 is 2.29 bits per heavy atom. The van der Waals surface area contributed by atoms with Crippen LogP contribution >= 0.6 is 0 Å². The lowest BCUT2D eigenvalue weighted by atomic mass is 10.1. The predicted octanol–water partition coefficient (Wildman–Crippen LogP) is 2.93. The fourth-order valence-electron chi connectivity index (χ4n) is 3.17. The molecule has 2 aromatic carbocycles. The van der Waals surface area contributed by atoms with E-state index in [-0.39, 0.29) is 6.04 Å². The molecule has 0 unspecified atom stereocenters. The first-order chi connectivity index (χ1) is 11.5. The van der Waals surface area contributed by atoms with Gasteiger partial charge < -0.3 is 4.90 Å². The van der Waals surface area contributed by atoms with Gasteiger partial charge in [-0.1, -0.05) is 49.4 Å². The summed E-state index contributed by atoms with van der Waals surface area (Å²) in [6.45, 7) is 4.02. The number of piperazine rings is 1. The molecule has 1 aliphatic heterocycles. The summed E-state index contributed by atoms with van der Waals surface area (Å²) in [7, 11) is -1.46. The number of hydrogen-bond acceptors (Lipinski definition) is 3. The van der Waals surface area contributed by atoms with Gasteiger partial charge in [0.2, 0.25) is 10.0 Å². The number of likely N-dealkylation sites (N-methyl/N-ethyl adjacent to an activating group) is 1. The molecule has 2 aromatic rings. The van der Waals surface area contributed by atoms with Gasteiger partial charge in [-0.3, -0.25) is 0 Å². The molecule has 0 saturated carbocycles. The van der Waals surface area contributed by atoms with Crippen LogP contribution in [0.5, 0.6) is 0 Å². The highest BCUT2D eigenvalue weighted by Gasteiger charge is 2.35. The van der Waals surface area contributed by atoms with E-state index < -0.39 is 10.0 Å². The summed E-state index contributed by atoms with van der Waals surface area (Å²) in [4.78, 5) is 2.56. The van der Waals surface area contributed by atoms with E-state index in [2.05, 4.69) is 11.8 Å². The molecule has 1 atom stereocenters. The number of benzene rings is 2. The van der Waals surface area contributed by atoms with Crippen LogP contribution in [-0.2, 0) is 16.4 Å². The molecule has 128 valence electrons. The van der Waals surface area contributed by atoms with Crippen LogP contribution in [0.1, 0.15) is 24.1 Å². The lowest BCUT2D eigenvalue weighted by Gasteiger charge is -2.39. The van der Waals surface area contributed by atoms with Crippen LogP contribution in [-0.4, -0.2) is 44.3 Å². The summed E-state index contributed by atoms with van der Waals surface area (Å²) in [5.74, 6) is 0. The Hall–Kier alpha value is -1.69. The van der Waals surface area contributed by atoms with Gasteiger partial charge in [0, 0.05) is 19.6 Å². The third kappa shape index (κ3) is 3.38. The highest BCUT2D eigenvalue weighted by Crippen LogP contribution is 2.30. The molecule has 1 aliphatic rings. The standard InChI is InChI=1S/C19H24N2O2S/c1-3-16-9-11-18(12-10-16)24(22,23)21-14-13-20(2)15-19(21)17-7-5-4-6-8-17/h4-12,19H,3,13-15H2,1-2H3/t19-/m1/s1. The average Bonchev–Trinajstić information content (AvgIpc) is 2.62. The van der Waals surface area contributed by atoms with Crippen molar-refractivity contribution in [1.82, 2.24) is 9.21 Å². The second kappa shape index (κ2) is 7.05. The van der Waals surface area contributed by atoms with E-state index in [0.29, 0.717) is 18.0 Å². The third-order valence-electron chi connectivity index (χ3n) is 4.66. The van der Waals surface area contributed by atoms with Crippen LogP contribution in [0.3, 0.4) is 0 Å². The van der Waals surface area contributed by atoms with Crippen LogP contribution in [0.2, 0.25) is 0 Å². The Morgan fingerprint density at radius 2 is 1.67 bits per heavy atom. The summed E-state index contributed by atoms with van der Waals surface area (Å²) in [5, 5.41) is 0. The van der Waals surface area contributed by atoms with Crippen LogP contribution in [0.25, 0.3) is 0 Å². The number of sulfonamides is 1. The third-order valence-corrected chi connectivity index (χ3v) is 6.58. The van der Waals surface area contributed by atoms with E-state index in [1.54, 1.807) is 16.4 Å². The molecule has 0 aliphatic carbocycles. The lowest BCUT2D eigenvalue weighted by Crippen LogP contribution is -2.49. The molecule has 0 aromatic heterocycles. The smallest absolute Gasteiger partial charge is 0.243 e. The Bertz CT molecular complexity index is 773. The predicted molar refractivity (Wildman–Crippen MR) is 96.4 cm³/mol. The summed E-state index contributed by atoms with van der Waals surface area (Å²) in [6, 6.07) is 17.0. The van der Waals surface area contributed by atoms with Crippen molar-refractivity contribution in [1.29, 1.82) is 0 Å². The summed E-state index contributed by atoms with van der Waals surface area (Å²) < 4.78 is 28.0. The minimum atomic E-state index is -3.50. The maximum absolute atomic E-state index is 13.2. The number of aryl methyl sites for hydroxylation is 1. The van der Waals surface area contributed by atoms with Crippen LogP contribution in [0.15, 0.2) is 59.5 Å². The van der Waals surface area contributed by atoms with Gasteiger partial charge in [-0.05, 0) is 36.7 Å². The first kappa shape index (κ1) is 17.1. The molecule has 1 heterocycles. The molecule has 5 heteroatoms. The van der Waals surface area contributed by atoms with Gasteiger partial charge in [-0.25, -0.2) is 8.42 Å². The monoisotopic (exact) mass is 344 g/mol. The van der Waals surface area contributed by atoms with Gasteiger partial charge in [-0.2, -0.15) is 4.31 Å². The summed E-state index contributed by atoms with van der Waals surface area (Å²) in [6.07, 6.45) is 0.904. The van der Waals surface area contributed by atoms with Crippen LogP contribution in [0.4, 0.5) is 0 Å². The van der Waals surface area contributed by atoms with Gasteiger partial charge in [-0.15, -0.1) is 0 Å². The zero-order valence-electron chi connectivity index (χ0n) is 14.2. The molecule has 1 fully saturated rings. The average molecular weight is 344 g/mol. The van der Waals surface area contributed by atoms with Crippen molar-refractivity contribution in [2.75, 3.05) is 26.7 Å². The maximum atomic E-state index is 13.2. The van der Waals surface area contributed by atoms with Gasteiger partial charge in [0.05, 0.1) is 10.9 Å². The van der Waals surface area contributed by atoms with E-state index in [9.17, 15) is 8.42 Å². The van der Waals surface area contributed by atoms with Crippen molar-refractivity contribution in [3.8, 4) is 0 Å². The van der Waals surface area contributed by atoms with E-state index >= 15 is 0 Å². The van der Waals surface area contributed by atoms with Crippen molar-refractivity contribution in [2.24, 2.45) is 0 Å². The topological polar surface area (TPSA) is 40.6 Å². The quantitative estimate of drug-likeness (QED) is 0.856. The van der Waals surface area contributed by atoms with Crippen LogP contribution < -0.4 is 0 Å². The summed E-state index contributed by atoms with van der Waals surface area (Å²) >= 11 is 0. The second-order valence-electron chi connectivity index (χ2n) is 6.30. The van der Waals surface area contributed by atoms with E-state index in [1.165, 1.54) is 0 Å². The molecular weight excluding hydrogens is 320 g/mol. The molecule has 0 amide bonds. The van der Waals surface area contributed by atoms with Gasteiger partial charge in [0.1, 0.15) is 0 Å². The maximum Gasteiger partial charge on any atom is 0.243 e. The Labute approximate surface area is 144 Å². The number of nitrogens with zero attached hydrogens (tertiary/aromatic N) is 2. The lowest BCUT2D eigenvalue weighted by molar-refractivity contribution is 0.160. The first-order valence-electron chi connectivity index (χ1n) is 8.36. The molecule has 0 N–H and O–H groups in total. The van der Waals surface area contributed by atoms with Gasteiger partial charge in [0.25, 0.3) is 0 Å². The van der Waals surface area contributed by atoms with E-state index in [1.807, 2.05) is 49.5 Å². The van der Waals surface area contributed by atoms with Gasteiger partial charge in [0.15, 0.2) is 0 Å². The fraction of sp³-hybridized carbons (Fsp3) is 0.368. The SMILES string of the molecule is CCc1ccc(S(=O)(=O)N2CCN(C)C[C@@H]2c2ccccc2)cc1. The van der Waals surface area contributed by atoms with Crippen molar-refractivity contribution in [3.05, 3.63) is 65.7 Å². The Kier molecular flexibility index (Phi) is 5.04. The molecular formula is C19H24N2O2S. The largest absolute Gasteiger partial charge is 0.303 e. The fourth-order valence-corrected chi connectivity index (χ4v) is 4.77. The Balaban J connectivity index is 1.97. The van der Waals surface area contributed by atoms with Crippen molar-refractivity contribution < 1.29 is 8.42 Å². The second-order valence-corrected chi connectivity index (χ2v) is 8.19. The van der Waals surface area contributed by atoms with Gasteiger partial charge >= 0.3 is 0 Å². The van der Waals surface area contributed by atoms with E-state index in [0.717, 1.165) is 24.1 Å². The zero-order valence-corrected chi connectivity index (χ0v) is 15.0. The molecule has 3 rings (SSSR count). The molecule has 1 saturated heterocycles. The number of rotatable bonds is 4. The number of hydrogen-bond donors (Lipinski definition) is 0. The molecule has 0 spiro atoms. The minimum Gasteiger partial charge on any atom is -0.303 e. The minimum absolute atomic E-state index is 0.152. The van der Waals surface area contributed by atoms with E-state index in [4.69, 9.17) is 0 Å². The molecule has 0 bridgehead atoms. The highest BCUT2D eigenvalue weighted by molar-refractivity contribution is 7.89. The highest BCUT2D eigenvalue weighted by atomic mass is 32.2. The van der Waals surface area contributed by atoms with Crippen molar-refractivity contribution in [2.45, 2.75) is 24.3 Å². The molecule has 0 radical (unpaired) electrons. The zero-order chi connectivity index (χ0) is 17.2. The molecule has 4 nitrogen and oxygen atoms in total. The normalized spacial score (nSPS) is 20.2. The molecule has 24 heavy (non-hydrogen) atoms. The Morgan fingerprint density at radius 1 is 1.00 bits per heavy atom. The van der Waals surface area contributed by atoms with Crippen LogP contribution in [0, 0.1) is 0 Å². The summed E-state index contributed by atoms with van der Waals surface area (Å²) in [5.41, 5.74) is 2.18. The van der Waals surface area contributed by atoms with Crippen molar-refractivity contribution >= 4 is 10.0 Å².